The second-order valence-electron chi connectivity index (χ2n) is 12.6. The first-order valence-corrected chi connectivity index (χ1v) is 17.9. The normalized spacial score (nSPS) is 11.3. The second-order valence-corrected chi connectivity index (χ2v) is 12.6. The van der Waals surface area contributed by atoms with Gasteiger partial charge in [-0.15, -0.1) is 0 Å². The molecule has 0 radical (unpaired) electrons. The van der Waals surface area contributed by atoms with Crippen LogP contribution in [0.4, 0.5) is 0 Å². The van der Waals surface area contributed by atoms with Crippen LogP contribution in [0.25, 0.3) is 16.8 Å². The molecule has 2 nitrogen and oxygen atoms in total. The SMILES string of the molecule is CCCCCCCCCCCCc1ccc(-[n+]2ccc(-c3cc[n+](CCCCCCCCCCCC)cc3)cc2)cc1. The molecular formula is C40H62N2+2. The van der Waals surface area contributed by atoms with Gasteiger partial charge in [0.15, 0.2) is 24.8 Å². The Morgan fingerprint density at radius 1 is 0.405 bits per heavy atom. The van der Waals surface area contributed by atoms with Crippen molar-refractivity contribution in [2.75, 3.05) is 0 Å². The molecule has 0 saturated heterocycles. The van der Waals surface area contributed by atoms with E-state index in [-0.39, 0.29) is 0 Å². The average Bonchev–Trinajstić information content (AvgIpc) is 3.03. The summed E-state index contributed by atoms with van der Waals surface area (Å²) in [6.07, 6.45) is 38.0. The highest BCUT2D eigenvalue weighted by Gasteiger charge is 2.08. The molecule has 42 heavy (non-hydrogen) atoms. The fourth-order valence-electron chi connectivity index (χ4n) is 6.02. The molecule has 2 heteroatoms. The molecule has 0 N–H and O–H groups in total. The van der Waals surface area contributed by atoms with Crippen molar-refractivity contribution in [1.82, 2.24) is 0 Å². The Morgan fingerprint density at radius 2 is 0.810 bits per heavy atom. The van der Waals surface area contributed by atoms with E-state index in [1.807, 2.05) is 0 Å². The van der Waals surface area contributed by atoms with E-state index in [2.05, 4.69) is 96.3 Å². The summed E-state index contributed by atoms with van der Waals surface area (Å²) in [5.41, 5.74) is 5.25. The number of hydrogen-bond acceptors (Lipinski definition) is 0. The van der Waals surface area contributed by atoms with Crippen molar-refractivity contribution in [2.24, 2.45) is 0 Å². The van der Waals surface area contributed by atoms with E-state index >= 15 is 0 Å². The Balaban J connectivity index is 1.30. The van der Waals surface area contributed by atoms with E-state index in [4.69, 9.17) is 0 Å². The summed E-state index contributed by atoms with van der Waals surface area (Å²) < 4.78 is 4.57. The number of unbranched alkanes of at least 4 members (excludes halogenated alkanes) is 18. The van der Waals surface area contributed by atoms with Crippen LogP contribution in [0.5, 0.6) is 0 Å². The van der Waals surface area contributed by atoms with Crippen molar-refractivity contribution in [3.05, 3.63) is 78.9 Å². The molecule has 230 valence electrons. The molecule has 0 amide bonds. The van der Waals surface area contributed by atoms with Crippen molar-refractivity contribution in [2.45, 2.75) is 155 Å². The number of aromatic nitrogens is 2. The van der Waals surface area contributed by atoms with Gasteiger partial charge < -0.3 is 0 Å². The van der Waals surface area contributed by atoms with Gasteiger partial charge in [-0.05, 0) is 36.0 Å². The maximum absolute atomic E-state index is 2.34. The van der Waals surface area contributed by atoms with E-state index in [1.54, 1.807) is 0 Å². The smallest absolute Gasteiger partial charge is 0.205 e. The monoisotopic (exact) mass is 570 g/mol. The Hall–Kier alpha value is -2.48. The third-order valence-corrected chi connectivity index (χ3v) is 8.88. The van der Waals surface area contributed by atoms with Crippen LogP contribution in [-0.4, -0.2) is 0 Å². The number of pyridine rings is 2. The molecule has 0 aliphatic heterocycles. The molecule has 0 aliphatic rings. The Morgan fingerprint density at radius 3 is 1.29 bits per heavy atom. The van der Waals surface area contributed by atoms with Crippen molar-refractivity contribution in [3.63, 3.8) is 0 Å². The third kappa shape index (κ3) is 14.1. The summed E-state index contributed by atoms with van der Waals surface area (Å²) in [7, 11) is 0. The van der Waals surface area contributed by atoms with E-state index in [1.165, 1.54) is 157 Å². The molecule has 0 unspecified atom stereocenters. The summed E-state index contributed by atoms with van der Waals surface area (Å²) >= 11 is 0. The predicted molar refractivity (Wildman–Crippen MR) is 181 cm³/mol. The van der Waals surface area contributed by atoms with Crippen LogP contribution >= 0.6 is 0 Å². The van der Waals surface area contributed by atoms with Crippen LogP contribution in [-0.2, 0) is 13.0 Å². The maximum Gasteiger partial charge on any atom is 0.210 e. The molecule has 0 spiro atoms. The summed E-state index contributed by atoms with van der Waals surface area (Å²) in [6.45, 7) is 5.71. The van der Waals surface area contributed by atoms with Crippen molar-refractivity contribution >= 4 is 0 Å². The third-order valence-electron chi connectivity index (χ3n) is 8.88. The fraction of sp³-hybridized carbons (Fsp3) is 0.600. The van der Waals surface area contributed by atoms with E-state index in [0.717, 1.165) is 6.54 Å². The van der Waals surface area contributed by atoms with Gasteiger partial charge >= 0.3 is 0 Å². The summed E-state index contributed by atoms with van der Waals surface area (Å²) in [6, 6.07) is 18.2. The van der Waals surface area contributed by atoms with Gasteiger partial charge in [0, 0.05) is 42.8 Å². The van der Waals surface area contributed by atoms with Crippen LogP contribution in [0.15, 0.2) is 73.3 Å². The highest BCUT2D eigenvalue weighted by molar-refractivity contribution is 5.61. The predicted octanol–water partition coefficient (Wildman–Crippen LogP) is 11.3. The van der Waals surface area contributed by atoms with Gasteiger partial charge in [0.05, 0.1) is 0 Å². The second kappa shape index (κ2) is 22.1. The molecule has 0 fully saturated rings. The highest BCUT2D eigenvalue weighted by Crippen LogP contribution is 2.17. The van der Waals surface area contributed by atoms with Crippen LogP contribution in [0, 0.1) is 0 Å². The topological polar surface area (TPSA) is 7.76 Å². The maximum atomic E-state index is 2.34. The first kappa shape index (κ1) is 34.0. The molecule has 3 aromatic rings. The standard InChI is InChI=1S/C40H62N2/c1-3-5-7-9-11-13-15-17-19-21-23-37-24-26-40(27-25-37)42-35-30-39(31-36-42)38-28-33-41(34-29-38)32-22-20-18-16-14-12-10-8-6-4-2/h24-31,33-36H,3-23,32H2,1-2H3/q+2. The first-order chi connectivity index (χ1) is 20.8. The number of rotatable bonds is 24. The quantitative estimate of drug-likeness (QED) is 0.0747. The molecule has 2 heterocycles. The fourth-order valence-corrected chi connectivity index (χ4v) is 6.02. The van der Waals surface area contributed by atoms with Gasteiger partial charge in [-0.2, -0.15) is 4.57 Å². The molecule has 0 aliphatic carbocycles. The van der Waals surface area contributed by atoms with Crippen LogP contribution < -0.4 is 9.13 Å². The molecule has 3 rings (SSSR count). The molecule has 1 aromatic carbocycles. The van der Waals surface area contributed by atoms with Gasteiger partial charge in [0.2, 0.25) is 5.69 Å². The average molecular weight is 571 g/mol. The van der Waals surface area contributed by atoms with Crippen molar-refractivity contribution < 1.29 is 9.13 Å². The van der Waals surface area contributed by atoms with Gasteiger partial charge in [0.25, 0.3) is 0 Å². The number of nitrogens with zero attached hydrogens (tertiary/aromatic N) is 2. The van der Waals surface area contributed by atoms with Gasteiger partial charge in [-0.1, -0.05) is 135 Å². The zero-order valence-electron chi connectivity index (χ0n) is 27.4. The van der Waals surface area contributed by atoms with Gasteiger partial charge in [-0.25, -0.2) is 4.57 Å². The van der Waals surface area contributed by atoms with Crippen LogP contribution in [0.3, 0.4) is 0 Å². The van der Waals surface area contributed by atoms with Gasteiger partial charge in [0.1, 0.15) is 6.54 Å². The van der Waals surface area contributed by atoms with Crippen LogP contribution in [0.2, 0.25) is 0 Å². The van der Waals surface area contributed by atoms with Gasteiger partial charge in [-0.3, -0.25) is 0 Å². The lowest BCUT2D eigenvalue weighted by Gasteiger charge is -2.04. The minimum absolute atomic E-state index is 1.13. The molecule has 0 bridgehead atoms. The minimum Gasteiger partial charge on any atom is -0.205 e. The lowest BCUT2D eigenvalue weighted by molar-refractivity contribution is -0.697. The van der Waals surface area contributed by atoms with E-state index in [0.29, 0.717) is 0 Å². The number of benzene rings is 1. The lowest BCUT2D eigenvalue weighted by Crippen LogP contribution is -2.32. The summed E-state index contributed by atoms with van der Waals surface area (Å²) in [5.74, 6) is 0. The number of hydrogen-bond donors (Lipinski definition) is 0. The number of aryl methyl sites for hydroxylation is 2. The molecule has 2 aromatic heterocycles. The highest BCUT2D eigenvalue weighted by atomic mass is 14.9. The summed E-state index contributed by atoms with van der Waals surface area (Å²) in [4.78, 5) is 0. The zero-order chi connectivity index (χ0) is 29.5. The largest absolute Gasteiger partial charge is 0.210 e. The van der Waals surface area contributed by atoms with Crippen LogP contribution in [0.1, 0.15) is 148 Å². The summed E-state index contributed by atoms with van der Waals surface area (Å²) in [5, 5.41) is 0. The van der Waals surface area contributed by atoms with Crippen molar-refractivity contribution in [3.8, 4) is 16.8 Å². The van der Waals surface area contributed by atoms with Crippen molar-refractivity contribution in [1.29, 1.82) is 0 Å². The zero-order valence-corrected chi connectivity index (χ0v) is 27.4. The molecule has 0 atom stereocenters. The minimum atomic E-state index is 1.13. The Kier molecular flexibility index (Phi) is 17.9. The van der Waals surface area contributed by atoms with E-state index < -0.39 is 0 Å². The van der Waals surface area contributed by atoms with E-state index in [9.17, 15) is 0 Å². The Labute approximate surface area is 259 Å². The first-order valence-electron chi connectivity index (χ1n) is 17.9. The Bertz CT molecular complexity index is 950. The molecule has 0 saturated carbocycles. The lowest BCUT2D eigenvalue weighted by atomic mass is 10.0. The molecular weight excluding hydrogens is 508 g/mol.